The molecule has 0 fully saturated rings. The molecule has 98 valence electrons. The Bertz CT molecular complexity index is 735. The van der Waals surface area contributed by atoms with Gasteiger partial charge in [-0.25, -0.2) is 4.98 Å². The van der Waals surface area contributed by atoms with E-state index in [0.29, 0.717) is 17.7 Å². The molecule has 3 aromatic rings. The normalized spacial score (nSPS) is 11.3. The molecule has 0 radical (unpaired) electrons. The summed E-state index contributed by atoms with van der Waals surface area (Å²) < 4.78 is 7.44. The van der Waals surface area contributed by atoms with Crippen LogP contribution in [0, 0.1) is 20.8 Å². The number of hydrogen-bond acceptors (Lipinski definition) is 4. The van der Waals surface area contributed by atoms with E-state index in [1.165, 1.54) is 0 Å². The van der Waals surface area contributed by atoms with Crippen LogP contribution >= 0.6 is 11.3 Å². The van der Waals surface area contributed by atoms with Gasteiger partial charge in [-0.1, -0.05) is 0 Å². The molecule has 19 heavy (non-hydrogen) atoms. The fourth-order valence-electron chi connectivity index (χ4n) is 2.32. The molecule has 0 unspecified atom stereocenters. The molecule has 3 rings (SSSR count). The molecule has 0 bridgehead atoms. The van der Waals surface area contributed by atoms with E-state index in [4.69, 9.17) is 4.42 Å². The van der Waals surface area contributed by atoms with E-state index in [0.717, 1.165) is 22.0 Å². The first-order valence-corrected chi connectivity index (χ1v) is 6.95. The highest BCUT2D eigenvalue weighted by Gasteiger charge is 2.19. The van der Waals surface area contributed by atoms with Crippen molar-refractivity contribution < 1.29 is 9.21 Å². The van der Waals surface area contributed by atoms with Gasteiger partial charge in [0.1, 0.15) is 11.5 Å². The Morgan fingerprint density at radius 3 is 2.79 bits per heavy atom. The fraction of sp³-hybridized carbons (Fsp3) is 0.286. The monoisotopic (exact) mass is 274 g/mol. The highest BCUT2D eigenvalue weighted by Crippen LogP contribution is 2.22. The molecule has 0 N–H and O–H groups in total. The molecule has 3 heterocycles. The number of nitrogens with zero attached hydrogens (tertiary/aromatic N) is 2. The van der Waals surface area contributed by atoms with Gasteiger partial charge in [0, 0.05) is 23.3 Å². The molecular formula is C14H14N2O2S. The van der Waals surface area contributed by atoms with Gasteiger partial charge in [-0.3, -0.25) is 9.20 Å². The third-order valence-electron chi connectivity index (χ3n) is 3.33. The lowest BCUT2D eigenvalue weighted by Crippen LogP contribution is -2.06. The van der Waals surface area contributed by atoms with E-state index in [-0.39, 0.29) is 5.78 Å². The predicted molar refractivity (Wildman–Crippen MR) is 74.0 cm³/mol. The predicted octanol–water partition coefficient (Wildman–Crippen LogP) is 3.34. The number of thiazole rings is 1. The molecule has 0 amide bonds. The third kappa shape index (κ3) is 2.00. The van der Waals surface area contributed by atoms with Crippen LogP contribution < -0.4 is 0 Å². The third-order valence-corrected chi connectivity index (χ3v) is 4.10. The van der Waals surface area contributed by atoms with Crippen LogP contribution in [0.3, 0.4) is 0 Å². The topological polar surface area (TPSA) is 47.5 Å². The summed E-state index contributed by atoms with van der Waals surface area (Å²) in [4.78, 5) is 17.7. The molecule has 0 atom stereocenters. The van der Waals surface area contributed by atoms with E-state index in [1.54, 1.807) is 11.3 Å². The smallest absolute Gasteiger partial charge is 0.193 e. The van der Waals surface area contributed by atoms with E-state index >= 15 is 0 Å². The standard InChI is InChI=1S/C14H14N2O2S/c1-8-9(2)18-10(3)13(8)12(17)6-11-7-16-4-5-19-14(16)15-11/h4-5,7H,6H2,1-3H3. The Hall–Kier alpha value is -1.88. The highest BCUT2D eigenvalue weighted by atomic mass is 32.1. The summed E-state index contributed by atoms with van der Waals surface area (Å²) in [5, 5.41) is 1.97. The number of furan rings is 1. The largest absolute Gasteiger partial charge is 0.466 e. The van der Waals surface area contributed by atoms with Gasteiger partial charge in [0.05, 0.1) is 17.7 Å². The molecule has 0 saturated heterocycles. The van der Waals surface area contributed by atoms with Crippen molar-refractivity contribution in [2.24, 2.45) is 0 Å². The molecule has 0 aliphatic rings. The van der Waals surface area contributed by atoms with Crippen LogP contribution in [0.25, 0.3) is 4.96 Å². The number of fused-ring (bicyclic) bond motifs is 1. The second-order valence-electron chi connectivity index (χ2n) is 4.64. The minimum atomic E-state index is 0.0672. The number of carbonyl (C=O) groups is 1. The Morgan fingerprint density at radius 1 is 1.37 bits per heavy atom. The number of Topliss-reactive ketones (excluding diaryl/α,β-unsaturated/α-hetero) is 1. The summed E-state index contributed by atoms with van der Waals surface area (Å²) in [6, 6.07) is 0. The lowest BCUT2D eigenvalue weighted by molar-refractivity contribution is 0.0990. The Morgan fingerprint density at radius 2 is 2.16 bits per heavy atom. The Kier molecular flexibility index (Phi) is 2.78. The maximum atomic E-state index is 12.4. The van der Waals surface area contributed by atoms with Crippen LogP contribution in [-0.2, 0) is 6.42 Å². The van der Waals surface area contributed by atoms with Crippen LogP contribution in [0.2, 0.25) is 0 Å². The lowest BCUT2D eigenvalue weighted by Gasteiger charge is -1.98. The highest BCUT2D eigenvalue weighted by molar-refractivity contribution is 7.15. The van der Waals surface area contributed by atoms with E-state index < -0.39 is 0 Å². The van der Waals surface area contributed by atoms with Crippen LogP contribution in [0.1, 0.15) is 33.1 Å². The van der Waals surface area contributed by atoms with Gasteiger partial charge in [0.25, 0.3) is 0 Å². The summed E-state index contributed by atoms with van der Waals surface area (Å²) >= 11 is 1.56. The zero-order valence-electron chi connectivity index (χ0n) is 11.1. The summed E-state index contributed by atoms with van der Waals surface area (Å²) in [6.07, 6.45) is 4.16. The molecule has 3 aromatic heterocycles. The van der Waals surface area contributed by atoms with E-state index in [2.05, 4.69) is 4.98 Å². The van der Waals surface area contributed by atoms with Crippen molar-refractivity contribution in [1.29, 1.82) is 0 Å². The number of aryl methyl sites for hydroxylation is 2. The number of carbonyl (C=O) groups excluding carboxylic acids is 1. The first kappa shape index (κ1) is 12.2. The quantitative estimate of drug-likeness (QED) is 0.688. The van der Waals surface area contributed by atoms with Crippen molar-refractivity contribution in [2.45, 2.75) is 27.2 Å². The van der Waals surface area contributed by atoms with Crippen molar-refractivity contribution in [3.63, 3.8) is 0 Å². The van der Waals surface area contributed by atoms with Crippen LogP contribution in [0.15, 0.2) is 22.2 Å². The van der Waals surface area contributed by atoms with Gasteiger partial charge in [-0.15, -0.1) is 11.3 Å². The molecule has 5 heteroatoms. The maximum absolute atomic E-state index is 12.4. The second-order valence-corrected chi connectivity index (χ2v) is 5.51. The van der Waals surface area contributed by atoms with Crippen molar-refractivity contribution in [1.82, 2.24) is 9.38 Å². The van der Waals surface area contributed by atoms with Crippen molar-refractivity contribution in [2.75, 3.05) is 0 Å². The number of hydrogen-bond donors (Lipinski definition) is 0. The van der Waals surface area contributed by atoms with Crippen molar-refractivity contribution in [3.8, 4) is 0 Å². The minimum absolute atomic E-state index is 0.0672. The lowest BCUT2D eigenvalue weighted by atomic mass is 10.0. The summed E-state index contributed by atoms with van der Waals surface area (Å²) in [7, 11) is 0. The first-order chi connectivity index (χ1) is 9.06. The fourth-order valence-corrected chi connectivity index (χ4v) is 3.04. The molecule has 0 saturated carbocycles. The van der Waals surface area contributed by atoms with Gasteiger partial charge in [-0.2, -0.15) is 0 Å². The van der Waals surface area contributed by atoms with E-state index in [1.807, 2.05) is 42.9 Å². The molecule has 4 nitrogen and oxygen atoms in total. The van der Waals surface area contributed by atoms with Crippen molar-refractivity contribution in [3.05, 3.63) is 46.1 Å². The van der Waals surface area contributed by atoms with Crippen LogP contribution in [-0.4, -0.2) is 15.2 Å². The second kappa shape index (κ2) is 4.35. The summed E-state index contributed by atoms with van der Waals surface area (Å²) in [5.74, 6) is 1.57. The molecule has 0 spiro atoms. The maximum Gasteiger partial charge on any atom is 0.193 e. The zero-order chi connectivity index (χ0) is 13.6. The van der Waals surface area contributed by atoms with Gasteiger partial charge in [-0.05, 0) is 20.8 Å². The first-order valence-electron chi connectivity index (χ1n) is 6.07. The summed E-state index contributed by atoms with van der Waals surface area (Å²) in [6.45, 7) is 5.63. The average Bonchev–Trinajstić information content (AvgIpc) is 2.94. The average molecular weight is 274 g/mol. The zero-order valence-corrected chi connectivity index (χ0v) is 11.9. The van der Waals surface area contributed by atoms with Gasteiger partial charge in [0.2, 0.25) is 0 Å². The van der Waals surface area contributed by atoms with Crippen LogP contribution in [0.5, 0.6) is 0 Å². The number of ketones is 1. The SMILES string of the molecule is Cc1oc(C)c(C(=O)Cc2cn3ccsc3n2)c1C. The summed E-state index contributed by atoms with van der Waals surface area (Å²) in [5.41, 5.74) is 2.44. The number of imidazole rings is 1. The van der Waals surface area contributed by atoms with Crippen molar-refractivity contribution >= 4 is 22.1 Å². The van der Waals surface area contributed by atoms with Gasteiger partial charge in [0.15, 0.2) is 10.7 Å². The molecule has 0 aliphatic carbocycles. The molecular weight excluding hydrogens is 260 g/mol. The molecule has 0 aromatic carbocycles. The van der Waals surface area contributed by atoms with Gasteiger partial charge >= 0.3 is 0 Å². The Labute approximate surface area is 114 Å². The number of rotatable bonds is 3. The Balaban J connectivity index is 1.90. The minimum Gasteiger partial charge on any atom is -0.466 e. The van der Waals surface area contributed by atoms with E-state index in [9.17, 15) is 4.79 Å². The number of aromatic nitrogens is 2. The van der Waals surface area contributed by atoms with Crippen LogP contribution in [0.4, 0.5) is 0 Å². The molecule has 0 aliphatic heterocycles. The van der Waals surface area contributed by atoms with Gasteiger partial charge < -0.3 is 4.42 Å².